The molecule has 5 rings (SSSR count). The van der Waals surface area contributed by atoms with Crippen molar-refractivity contribution in [3.05, 3.63) is 79.9 Å². The number of carbonyl (C=O) groups is 1. The monoisotopic (exact) mass is 479 g/mol. The van der Waals surface area contributed by atoms with Gasteiger partial charge in [-0.15, -0.1) is 0 Å². The zero-order chi connectivity index (χ0) is 22.9. The second-order valence-corrected chi connectivity index (χ2v) is 9.39. The summed E-state index contributed by atoms with van der Waals surface area (Å²) in [5, 5.41) is 2.79. The van der Waals surface area contributed by atoms with Gasteiger partial charge < -0.3 is 0 Å². The molecule has 1 aliphatic carbocycles. The van der Waals surface area contributed by atoms with Crippen molar-refractivity contribution in [1.29, 1.82) is 0 Å². The molecule has 0 saturated carbocycles. The van der Waals surface area contributed by atoms with E-state index in [1.807, 2.05) is 18.2 Å². The van der Waals surface area contributed by atoms with Crippen molar-refractivity contribution >= 4 is 50.8 Å². The Hall–Kier alpha value is -2.76. The third kappa shape index (κ3) is 4.40. The van der Waals surface area contributed by atoms with E-state index in [0.29, 0.717) is 47.3 Å². The summed E-state index contributed by atoms with van der Waals surface area (Å²) in [6, 6.07) is 10.7. The number of hydrogen-bond acceptors (Lipinski definition) is 4. The number of fused-ring (bicyclic) bond motifs is 3. The Balaban J connectivity index is 1.25. The van der Waals surface area contributed by atoms with Crippen LogP contribution in [0, 0.1) is 0 Å². The van der Waals surface area contributed by atoms with Gasteiger partial charge >= 0.3 is 0 Å². The van der Waals surface area contributed by atoms with Gasteiger partial charge in [-0.05, 0) is 68.4 Å². The first-order valence-corrected chi connectivity index (χ1v) is 12.1. The quantitative estimate of drug-likeness (QED) is 0.244. The lowest BCUT2D eigenvalue weighted by Crippen LogP contribution is -2.20. The largest absolute Gasteiger partial charge is 0.299 e. The molecule has 0 unspecified atom stereocenters. The van der Waals surface area contributed by atoms with Gasteiger partial charge in [0.15, 0.2) is 5.78 Å². The van der Waals surface area contributed by atoms with E-state index in [2.05, 4.69) is 4.98 Å². The molecular formula is C26H23Cl2N3O2. The number of hydrogen-bond donors (Lipinski definition) is 0. The summed E-state index contributed by atoms with van der Waals surface area (Å²) in [6.45, 7) is 0.513. The van der Waals surface area contributed by atoms with Crippen LogP contribution in [0.4, 0.5) is 0 Å². The molecule has 33 heavy (non-hydrogen) atoms. The lowest BCUT2D eigenvalue weighted by atomic mass is 9.94. The maximum absolute atomic E-state index is 12.8. The van der Waals surface area contributed by atoms with Gasteiger partial charge in [0.25, 0.3) is 5.56 Å². The summed E-state index contributed by atoms with van der Waals surface area (Å²) in [5.41, 5.74) is 4.17. The van der Waals surface area contributed by atoms with Crippen LogP contribution in [0.5, 0.6) is 0 Å². The van der Waals surface area contributed by atoms with Gasteiger partial charge in [0.05, 0.1) is 27.8 Å². The Bertz CT molecular complexity index is 1450. The highest BCUT2D eigenvalue weighted by Gasteiger charge is 2.18. The molecule has 4 aromatic rings. The van der Waals surface area contributed by atoms with E-state index >= 15 is 0 Å². The molecule has 1 aliphatic rings. The number of ketones is 1. The summed E-state index contributed by atoms with van der Waals surface area (Å²) in [5.74, 6) is 0.0752. The van der Waals surface area contributed by atoms with Crippen molar-refractivity contribution in [2.75, 3.05) is 0 Å². The smallest absolute Gasteiger partial charge is 0.261 e. The van der Waals surface area contributed by atoms with Gasteiger partial charge in [0.2, 0.25) is 0 Å². The van der Waals surface area contributed by atoms with Crippen molar-refractivity contribution in [2.45, 2.75) is 51.5 Å². The number of carbonyl (C=O) groups excluding carboxylic acids is 1. The highest BCUT2D eigenvalue weighted by atomic mass is 35.5. The van der Waals surface area contributed by atoms with Gasteiger partial charge in [0.1, 0.15) is 0 Å². The van der Waals surface area contributed by atoms with Crippen molar-refractivity contribution in [3.8, 4) is 0 Å². The fraction of sp³-hybridized carbons (Fsp3) is 0.308. The molecule has 0 saturated heterocycles. The number of benzene rings is 2. The third-order valence-corrected chi connectivity index (χ3v) is 7.02. The van der Waals surface area contributed by atoms with Crippen LogP contribution in [0.1, 0.15) is 53.7 Å². The van der Waals surface area contributed by atoms with Crippen LogP contribution in [0.25, 0.3) is 21.8 Å². The van der Waals surface area contributed by atoms with Crippen molar-refractivity contribution in [2.24, 2.45) is 0 Å². The second kappa shape index (κ2) is 9.24. The number of aryl methyl sites for hydroxylation is 2. The van der Waals surface area contributed by atoms with Gasteiger partial charge in [-0.2, -0.15) is 0 Å². The van der Waals surface area contributed by atoms with Crippen LogP contribution in [0.2, 0.25) is 10.0 Å². The van der Waals surface area contributed by atoms with Gasteiger partial charge in [-0.25, -0.2) is 4.98 Å². The topological polar surface area (TPSA) is 64.8 Å². The fourth-order valence-electron chi connectivity index (χ4n) is 4.54. The Morgan fingerprint density at radius 2 is 1.79 bits per heavy atom. The van der Waals surface area contributed by atoms with E-state index in [-0.39, 0.29) is 11.3 Å². The number of halogens is 2. The molecule has 2 heterocycles. The maximum atomic E-state index is 12.8. The molecule has 0 spiro atoms. The van der Waals surface area contributed by atoms with Gasteiger partial charge in [-0.1, -0.05) is 35.3 Å². The summed E-state index contributed by atoms with van der Waals surface area (Å²) in [6.07, 6.45) is 7.53. The van der Waals surface area contributed by atoms with Crippen LogP contribution in [0.3, 0.4) is 0 Å². The zero-order valence-corrected chi connectivity index (χ0v) is 19.6. The number of Topliss-reactive ketones (excluding diaryl/α,β-unsaturated/α-hetero) is 1. The Morgan fingerprint density at radius 3 is 2.67 bits per heavy atom. The normalized spacial score (nSPS) is 13.4. The average Bonchev–Trinajstić information content (AvgIpc) is 2.82. The highest BCUT2D eigenvalue weighted by molar-refractivity contribution is 6.36. The van der Waals surface area contributed by atoms with Crippen LogP contribution >= 0.6 is 23.2 Å². The van der Waals surface area contributed by atoms with Crippen LogP contribution < -0.4 is 5.56 Å². The third-order valence-electron chi connectivity index (χ3n) is 6.36. The predicted molar refractivity (Wildman–Crippen MR) is 133 cm³/mol. The molecule has 0 radical (unpaired) electrons. The molecule has 5 nitrogen and oxygen atoms in total. The lowest BCUT2D eigenvalue weighted by molar-refractivity contribution is 0.0979. The summed E-state index contributed by atoms with van der Waals surface area (Å²) in [4.78, 5) is 34.6. The highest BCUT2D eigenvalue weighted by Crippen LogP contribution is 2.33. The molecule has 0 fully saturated rings. The standard InChI is InChI=1S/C26H23Cl2N3O2/c27-17-9-11-20-22(14-17)29-15-31(26(20)33)12-4-3-7-24(32)16-8-10-19-23(13-16)30-21-6-2-1-5-18(21)25(19)28/h8-11,13-15H,1-7,12H2. The molecule has 2 aromatic heterocycles. The molecule has 2 aromatic carbocycles. The summed E-state index contributed by atoms with van der Waals surface area (Å²) in [7, 11) is 0. The number of rotatable bonds is 6. The van der Waals surface area contributed by atoms with Crippen molar-refractivity contribution in [1.82, 2.24) is 14.5 Å². The maximum Gasteiger partial charge on any atom is 0.261 e. The first-order valence-electron chi connectivity index (χ1n) is 11.3. The molecule has 7 heteroatoms. The summed E-state index contributed by atoms with van der Waals surface area (Å²) < 4.78 is 1.59. The van der Waals surface area contributed by atoms with Crippen LogP contribution in [-0.2, 0) is 19.4 Å². The molecule has 0 amide bonds. The molecular weight excluding hydrogens is 457 g/mol. The van der Waals surface area contributed by atoms with Crippen LogP contribution in [-0.4, -0.2) is 20.3 Å². The SMILES string of the molecule is O=C(CCCCn1cnc2cc(Cl)ccc2c1=O)c1ccc2c(Cl)c3c(nc2c1)CCCC3. The Labute approximate surface area is 201 Å². The Morgan fingerprint density at radius 1 is 0.970 bits per heavy atom. The molecule has 168 valence electrons. The van der Waals surface area contributed by atoms with Crippen molar-refractivity contribution < 1.29 is 4.79 Å². The fourth-order valence-corrected chi connectivity index (χ4v) is 5.07. The summed E-state index contributed by atoms with van der Waals surface area (Å²) >= 11 is 12.6. The van der Waals surface area contributed by atoms with Crippen LogP contribution in [0.15, 0.2) is 47.5 Å². The molecule has 0 aliphatic heterocycles. The number of pyridine rings is 1. The minimum atomic E-state index is -0.0937. The van der Waals surface area contributed by atoms with E-state index in [1.165, 1.54) is 0 Å². The molecule has 0 atom stereocenters. The minimum Gasteiger partial charge on any atom is -0.299 e. The molecule has 0 N–H and O–H groups in total. The van der Waals surface area contributed by atoms with E-state index in [9.17, 15) is 9.59 Å². The zero-order valence-electron chi connectivity index (χ0n) is 18.1. The second-order valence-electron chi connectivity index (χ2n) is 8.57. The number of unbranched alkanes of at least 4 members (excludes halogenated alkanes) is 1. The first-order chi connectivity index (χ1) is 16.0. The lowest BCUT2D eigenvalue weighted by Gasteiger charge is -2.18. The van der Waals surface area contributed by atoms with E-state index < -0.39 is 0 Å². The average molecular weight is 480 g/mol. The number of aromatic nitrogens is 3. The van der Waals surface area contributed by atoms with E-state index in [0.717, 1.165) is 52.9 Å². The van der Waals surface area contributed by atoms with Gasteiger partial charge in [-0.3, -0.25) is 19.1 Å². The van der Waals surface area contributed by atoms with Crippen molar-refractivity contribution in [3.63, 3.8) is 0 Å². The minimum absolute atomic E-state index is 0.0752. The predicted octanol–water partition coefficient (Wildman–Crippen LogP) is 6.18. The first kappa shape index (κ1) is 22.1. The van der Waals surface area contributed by atoms with E-state index in [4.69, 9.17) is 28.2 Å². The Kier molecular flexibility index (Phi) is 6.17. The van der Waals surface area contributed by atoms with Gasteiger partial charge in [0, 0.05) is 34.6 Å². The molecule has 0 bridgehead atoms. The van der Waals surface area contributed by atoms with E-state index in [1.54, 1.807) is 29.1 Å². The number of nitrogens with zero attached hydrogens (tertiary/aromatic N) is 3.